The molecule has 0 saturated carbocycles. The monoisotopic (exact) mass is 420 g/mol. The summed E-state index contributed by atoms with van der Waals surface area (Å²) in [5.74, 6) is -0.182. The van der Waals surface area contributed by atoms with Gasteiger partial charge in [-0.15, -0.1) is 0 Å². The molecule has 5 heteroatoms. The Bertz CT molecular complexity index is 1200. The molecule has 0 unspecified atom stereocenters. The summed E-state index contributed by atoms with van der Waals surface area (Å²) in [5.41, 5.74) is 2.00. The lowest BCUT2D eigenvalue weighted by atomic mass is 10.0. The Morgan fingerprint density at radius 3 is 2.48 bits per heavy atom. The van der Waals surface area contributed by atoms with Crippen LogP contribution < -0.4 is 10.4 Å². The molecule has 0 radical (unpaired) electrons. The third-order valence-corrected chi connectivity index (χ3v) is 4.56. The molecule has 0 N–H and O–H groups in total. The average Bonchev–Trinajstić information content (AvgIpc) is 2.67. The maximum absolute atomic E-state index is 12.3. The lowest BCUT2D eigenvalue weighted by molar-refractivity contribution is 0.0735. The number of halogens is 1. The molecule has 0 aliphatic rings. The van der Waals surface area contributed by atoms with Crippen LogP contribution in [0.4, 0.5) is 0 Å². The zero-order valence-electron chi connectivity index (χ0n) is 14.0. The number of hydrogen-bond donors (Lipinski definition) is 0. The standard InChI is InChI=1S/C22H13BrO4/c23-16-8-4-7-15(11-16)22(25)26-17-9-10-18-19(14-5-2-1-3-6-14)13-21(24)27-20(18)12-17/h1-13H. The molecule has 0 saturated heterocycles. The van der Waals surface area contributed by atoms with Gasteiger partial charge in [0.05, 0.1) is 5.56 Å². The second kappa shape index (κ2) is 7.21. The van der Waals surface area contributed by atoms with Crippen molar-refractivity contribution in [2.45, 2.75) is 0 Å². The first-order valence-electron chi connectivity index (χ1n) is 8.21. The highest BCUT2D eigenvalue weighted by Gasteiger charge is 2.12. The number of ether oxygens (including phenoxy) is 1. The molecule has 0 amide bonds. The summed E-state index contributed by atoms with van der Waals surface area (Å²) in [6.45, 7) is 0. The van der Waals surface area contributed by atoms with Crippen molar-refractivity contribution >= 4 is 32.9 Å². The first-order valence-corrected chi connectivity index (χ1v) is 9.00. The van der Waals surface area contributed by atoms with Crippen molar-refractivity contribution in [3.8, 4) is 16.9 Å². The predicted octanol–water partition coefficient (Wildman–Crippen LogP) is 5.44. The third kappa shape index (κ3) is 3.68. The summed E-state index contributed by atoms with van der Waals surface area (Å²) in [5, 5.41) is 0.767. The Hall–Kier alpha value is -3.18. The minimum absolute atomic E-state index is 0.306. The average molecular weight is 421 g/mol. The summed E-state index contributed by atoms with van der Waals surface area (Å²) in [6, 6.07) is 23.0. The number of carbonyl (C=O) groups excluding carboxylic acids is 1. The molecule has 0 bridgehead atoms. The lowest BCUT2D eigenvalue weighted by Crippen LogP contribution is -2.08. The highest BCUT2D eigenvalue weighted by atomic mass is 79.9. The van der Waals surface area contributed by atoms with E-state index in [4.69, 9.17) is 9.15 Å². The molecule has 0 aliphatic heterocycles. The molecule has 3 aromatic carbocycles. The van der Waals surface area contributed by atoms with E-state index in [9.17, 15) is 9.59 Å². The SMILES string of the molecule is O=C(Oc1ccc2c(-c3ccccc3)cc(=O)oc2c1)c1cccc(Br)c1. The molecule has 1 aromatic heterocycles. The zero-order valence-corrected chi connectivity index (χ0v) is 15.6. The van der Waals surface area contributed by atoms with E-state index < -0.39 is 11.6 Å². The fraction of sp³-hybridized carbons (Fsp3) is 0. The Labute approximate surface area is 163 Å². The molecule has 4 aromatic rings. The van der Waals surface area contributed by atoms with E-state index in [1.807, 2.05) is 36.4 Å². The largest absolute Gasteiger partial charge is 0.423 e. The molecule has 0 spiro atoms. The molecular weight excluding hydrogens is 408 g/mol. The van der Waals surface area contributed by atoms with Crippen molar-refractivity contribution in [2.75, 3.05) is 0 Å². The predicted molar refractivity (Wildman–Crippen MR) is 107 cm³/mol. The second-order valence-electron chi connectivity index (χ2n) is 5.90. The molecule has 27 heavy (non-hydrogen) atoms. The minimum Gasteiger partial charge on any atom is -0.423 e. The van der Waals surface area contributed by atoms with Crippen LogP contribution in [-0.2, 0) is 0 Å². The van der Waals surface area contributed by atoms with Crippen molar-refractivity contribution in [3.63, 3.8) is 0 Å². The number of rotatable bonds is 3. The van der Waals surface area contributed by atoms with Gasteiger partial charge in [-0.2, -0.15) is 0 Å². The highest BCUT2D eigenvalue weighted by Crippen LogP contribution is 2.29. The minimum atomic E-state index is -0.489. The summed E-state index contributed by atoms with van der Waals surface area (Å²) in [6.07, 6.45) is 0. The van der Waals surface area contributed by atoms with E-state index in [1.54, 1.807) is 36.4 Å². The van der Waals surface area contributed by atoms with Crippen LogP contribution in [0.2, 0.25) is 0 Å². The van der Waals surface area contributed by atoms with Crippen LogP contribution in [0.5, 0.6) is 5.75 Å². The summed E-state index contributed by atoms with van der Waals surface area (Å²) in [4.78, 5) is 24.3. The van der Waals surface area contributed by atoms with Gasteiger partial charge in [0, 0.05) is 22.0 Å². The van der Waals surface area contributed by atoms with Gasteiger partial charge in [0.2, 0.25) is 0 Å². The van der Waals surface area contributed by atoms with Crippen molar-refractivity contribution < 1.29 is 13.9 Å². The van der Waals surface area contributed by atoms with Crippen LogP contribution in [0.25, 0.3) is 22.1 Å². The normalized spacial score (nSPS) is 10.7. The van der Waals surface area contributed by atoms with E-state index >= 15 is 0 Å². The van der Waals surface area contributed by atoms with Crippen molar-refractivity contribution in [1.82, 2.24) is 0 Å². The van der Waals surface area contributed by atoms with Crippen LogP contribution in [-0.4, -0.2) is 5.97 Å². The Morgan fingerprint density at radius 1 is 0.889 bits per heavy atom. The number of hydrogen-bond acceptors (Lipinski definition) is 4. The van der Waals surface area contributed by atoms with Gasteiger partial charge in [-0.1, -0.05) is 52.3 Å². The first kappa shape index (κ1) is 17.2. The molecule has 1 heterocycles. The van der Waals surface area contributed by atoms with E-state index in [0.717, 1.165) is 21.0 Å². The van der Waals surface area contributed by atoms with Gasteiger partial charge in [0.25, 0.3) is 0 Å². The Kier molecular flexibility index (Phi) is 4.60. The second-order valence-corrected chi connectivity index (χ2v) is 6.82. The van der Waals surface area contributed by atoms with Crippen LogP contribution in [0.3, 0.4) is 0 Å². The molecule has 0 aliphatic carbocycles. The lowest BCUT2D eigenvalue weighted by Gasteiger charge is -2.08. The quantitative estimate of drug-likeness (QED) is 0.251. The van der Waals surface area contributed by atoms with Gasteiger partial charge >= 0.3 is 11.6 Å². The topological polar surface area (TPSA) is 56.5 Å². The van der Waals surface area contributed by atoms with Crippen molar-refractivity contribution in [1.29, 1.82) is 0 Å². The van der Waals surface area contributed by atoms with Gasteiger partial charge in [0.15, 0.2) is 0 Å². The fourth-order valence-corrected chi connectivity index (χ4v) is 3.24. The van der Waals surface area contributed by atoms with Gasteiger partial charge < -0.3 is 9.15 Å². The summed E-state index contributed by atoms with van der Waals surface area (Å²) in [7, 11) is 0. The Morgan fingerprint density at radius 2 is 1.70 bits per heavy atom. The van der Waals surface area contributed by atoms with Crippen LogP contribution in [0.1, 0.15) is 10.4 Å². The van der Waals surface area contributed by atoms with Gasteiger partial charge in [-0.05, 0) is 41.5 Å². The summed E-state index contributed by atoms with van der Waals surface area (Å²) < 4.78 is 11.5. The van der Waals surface area contributed by atoms with Crippen molar-refractivity contribution in [2.24, 2.45) is 0 Å². The van der Waals surface area contributed by atoms with Crippen LogP contribution in [0, 0.1) is 0 Å². The number of fused-ring (bicyclic) bond motifs is 1. The van der Waals surface area contributed by atoms with Gasteiger partial charge in [-0.25, -0.2) is 9.59 Å². The highest BCUT2D eigenvalue weighted by molar-refractivity contribution is 9.10. The molecule has 0 fully saturated rings. The van der Waals surface area contributed by atoms with E-state index in [2.05, 4.69) is 15.9 Å². The summed E-state index contributed by atoms with van der Waals surface area (Å²) >= 11 is 3.33. The first-order chi connectivity index (χ1) is 13.1. The van der Waals surface area contributed by atoms with E-state index in [1.165, 1.54) is 6.07 Å². The maximum atomic E-state index is 12.3. The zero-order chi connectivity index (χ0) is 18.8. The number of benzene rings is 3. The van der Waals surface area contributed by atoms with Crippen LogP contribution >= 0.6 is 15.9 Å². The number of esters is 1. The molecule has 4 rings (SSSR count). The van der Waals surface area contributed by atoms with E-state index in [-0.39, 0.29) is 0 Å². The van der Waals surface area contributed by atoms with Crippen LogP contribution in [0.15, 0.2) is 92.5 Å². The van der Waals surface area contributed by atoms with E-state index in [0.29, 0.717) is 16.9 Å². The maximum Gasteiger partial charge on any atom is 0.343 e. The van der Waals surface area contributed by atoms with Crippen molar-refractivity contribution in [3.05, 3.63) is 99.3 Å². The fourth-order valence-electron chi connectivity index (χ4n) is 2.84. The molecule has 132 valence electrons. The molecule has 0 atom stereocenters. The molecule has 4 nitrogen and oxygen atoms in total. The van der Waals surface area contributed by atoms with Gasteiger partial charge in [0.1, 0.15) is 11.3 Å². The Balaban J connectivity index is 1.73. The van der Waals surface area contributed by atoms with Gasteiger partial charge in [-0.3, -0.25) is 0 Å². The third-order valence-electron chi connectivity index (χ3n) is 4.07. The molecular formula is C22H13BrO4. The smallest absolute Gasteiger partial charge is 0.343 e. The number of carbonyl (C=O) groups is 1.